The zero-order chi connectivity index (χ0) is 18.5. The third-order valence-corrected chi connectivity index (χ3v) is 4.91. The fourth-order valence-corrected chi connectivity index (χ4v) is 3.46. The molecule has 7 heteroatoms. The van der Waals surface area contributed by atoms with Gasteiger partial charge in [0, 0.05) is 12.7 Å². The lowest BCUT2D eigenvalue weighted by Gasteiger charge is -2.21. The van der Waals surface area contributed by atoms with Gasteiger partial charge in [0.1, 0.15) is 5.69 Å². The van der Waals surface area contributed by atoms with Crippen LogP contribution in [0.5, 0.6) is 5.75 Å². The van der Waals surface area contributed by atoms with E-state index < -0.39 is 12.7 Å². The standard InChI is InChI=1S/C19H27N3O4/c1-13-17(19(25)20-10-15(24)11-23)22-9-5-8-16(18(22)21-13)26-12-14-6-3-2-4-7-14/h5,8-9,14-15,23-24H,2-4,6-7,10-12H2,1H3,(H,20,25)/t15-/m1/s1. The predicted octanol–water partition coefficient (Wildman–Crippen LogP) is 1.68. The number of aliphatic hydroxyl groups is 2. The van der Waals surface area contributed by atoms with E-state index in [1.54, 1.807) is 17.5 Å². The maximum Gasteiger partial charge on any atom is 0.270 e. The summed E-state index contributed by atoms with van der Waals surface area (Å²) in [4.78, 5) is 17.0. The number of carbonyl (C=O) groups excluding carboxylic acids is 1. The van der Waals surface area contributed by atoms with E-state index >= 15 is 0 Å². The average Bonchev–Trinajstić information content (AvgIpc) is 3.01. The van der Waals surface area contributed by atoms with E-state index in [4.69, 9.17) is 9.84 Å². The van der Waals surface area contributed by atoms with Crippen molar-refractivity contribution in [3.63, 3.8) is 0 Å². The first-order chi connectivity index (χ1) is 12.6. The van der Waals surface area contributed by atoms with Crippen molar-refractivity contribution in [1.29, 1.82) is 0 Å². The van der Waals surface area contributed by atoms with Crippen molar-refractivity contribution in [1.82, 2.24) is 14.7 Å². The molecule has 1 aliphatic rings. The summed E-state index contributed by atoms with van der Waals surface area (Å²) in [6.45, 7) is 2.04. The Labute approximate surface area is 153 Å². The number of imidazole rings is 1. The van der Waals surface area contributed by atoms with Gasteiger partial charge in [0.25, 0.3) is 5.91 Å². The van der Waals surface area contributed by atoms with Gasteiger partial charge >= 0.3 is 0 Å². The molecule has 1 saturated carbocycles. The van der Waals surface area contributed by atoms with E-state index in [0.29, 0.717) is 35.3 Å². The van der Waals surface area contributed by atoms with E-state index in [0.717, 1.165) is 0 Å². The van der Waals surface area contributed by atoms with Gasteiger partial charge in [-0.3, -0.25) is 9.20 Å². The average molecular weight is 361 g/mol. The second kappa shape index (κ2) is 8.51. The first-order valence-electron chi connectivity index (χ1n) is 9.27. The van der Waals surface area contributed by atoms with Crippen LogP contribution in [-0.4, -0.2) is 51.4 Å². The van der Waals surface area contributed by atoms with Crippen molar-refractivity contribution in [2.24, 2.45) is 5.92 Å². The number of fused-ring (bicyclic) bond motifs is 1. The molecule has 2 aromatic heterocycles. The van der Waals surface area contributed by atoms with Crippen molar-refractivity contribution in [2.75, 3.05) is 19.8 Å². The molecule has 26 heavy (non-hydrogen) atoms. The second-order valence-electron chi connectivity index (χ2n) is 6.97. The van der Waals surface area contributed by atoms with E-state index in [1.165, 1.54) is 32.1 Å². The molecule has 3 N–H and O–H groups in total. The molecule has 0 spiro atoms. The number of hydrogen-bond donors (Lipinski definition) is 3. The normalized spacial score (nSPS) is 16.6. The number of rotatable bonds is 7. The Morgan fingerprint density at radius 3 is 2.92 bits per heavy atom. The van der Waals surface area contributed by atoms with Crippen LogP contribution in [-0.2, 0) is 0 Å². The molecule has 0 saturated heterocycles. The van der Waals surface area contributed by atoms with Gasteiger partial charge in [0.05, 0.1) is 25.0 Å². The molecule has 0 unspecified atom stereocenters. The number of aryl methyl sites for hydroxylation is 1. The fourth-order valence-electron chi connectivity index (χ4n) is 3.46. The van der Waals surface area contributed by atoms with Gasteiger partial charge in [-0.15, -0.1) is 0 Å². The number of hydrogen-bond acceptors (Lipinski definition) is 5. The number of nitrogens with one attached hydrogen (secondary N) is 1. The molecule has 7 nitrogen and oxygen atoms in total. The Bertz CT molecular complexity index is 753. The zero-order valence-corrected chi connectivity index (χ0v) is 15.1. The van der Waals surface area contributed by atoms with Crippen LogP contribution in [0.2, 0.25) is 0 Å². The topological polar surface area (TPSA) is 96.1 Å². The number of aliphatic hydroxyl groups excluding tert-OH is 2. The van der Waals surface area contributed by atoms with Crippen LogP contribution in [0.3, 0.4) is 0 Å². The van der Waals surface area contributed by atoms with Gasteiger partial charge in [-0.25, -0.2) is 4.98 Å². The smallest absolute Gasteiger partial charge is 0.270 e. The quantitative estimate of drug-likeness (QED) is 0.697. The lowest BCUT2D eigenvalue weighted by Crippen LogP contribution is -2.34. The first-order valence-corrected chi connectivity index (χ1v) is 9.27. The van der Waals surface area contributed by atoms with Gasteiger partial charge in [-0.2, -0.15) is 0 Å². The van der Waals surface area contributed by atoms with E-state index in [2.05, 4.69) is 10.3 Å². The summed E-state index contributed by atoms with van der Waals surface area (Å²) < 4.78 is 7.75. The minimum absolute atomic E-state index is 0.0140. The summed E-state index contributed by atoms with van der Waals surface area (Å²) in [5, 5.41) is 20.9. The number of carbonyl (C=O) groups is 1. The van der Waals surface area contributed by atoms with Crippen molar-refractivity contribution < 1.29 is 19.7 Å². The number of ether oxygens (including phenoxy) is 1. The fraction of sp³-hybridized carbons (Fsp3) is 0.579. The number of aromatic nitrogens is 2. The Morgan fingerprint density at radius 2 is 2.19 bits per heavy atom. The molecule has 1 amide bonds. The Hall–Kier alpha value is -2.12. The van der Waals surface area contributed by atoms with Crippen molar-refractivity contribution >= 4 is 11.6 Å². The van der Waals surface area contributed by atoms with Crippen LogP contribution in [0.1, 0.15) is 48.3 Å². The highest BCUT2D eigenvalue weighted by Gasteiger charge is 2.20. The zero-order valence-electron chi connectivity index (χ0n) is 15.1. The summed E-state index contributed by atoms with van der Waals surface area (Å²) in [5.74, 6) is 0.922. The molecule has 142 valence electrons. The molecule has 2 aromatic rings. The predicted molar refractivity (Wildman–Crippen MR) is 97.4 cm³/mol. The number of amides is 1. The van der Waals surface area contributed by atoms with Crippen molar-refractivity contribution in [3.05, 3.63) is 29.7 Å². The molecule has 1 atom stereocenters. The molecule has 1 fully saturated rings. The highest BCUT2D eigenvalue weighted by atomic mass is 16.5. The number of nitrogens with zero attached hydrogens (tertiary/aromatic N) is 2. The lowest BCUT2D eigenvalue weighted by molar-refractivity contribution is 0.0797. The van der Waals surface area contributed by atoms with Crippen LogP contribution in [0.4, 0.5) is 0 Å². The van der Waals surface area contributed by atoms with Crippen LogP contribution in [0.25, 0.3) is 5.65 Å². The molecule has 2 heterocycles. The largest absolute Gasteiger partial charge is 0.489 e. The third kappa shape index (κ3) is 4.16. The van der Waals surface area contributed by atoms with Gasteiger partial charge < -0.3 is 20.3 Å². The van der Waals surface area contributed by atoms with Crippen LogP contribution < -0.4 is 10.1 Å². The second-order valence-corrected chi connectivity index (χ2v) is 6.97. The van der Waals surface area contributed by atoms with E-state index in [9.17, 15) is 9.90 Å². The van der Waals surface area contributed by atoms with Gasteiger partial charge in [-0.1, -0.05) is 19.3 Å². The molecule has 0 aliphatic heterocycles. The van der Waals surface area contributed by atoms with Crippen LogP contribution in [0.15, 0.2) is 18.3 Å². The lowest BCUT2D eigenvalue weighted by atomic mass is 9.90. The van der Waals surface area contributed by atoms with Gasteiger partial charge in [0.2, 0.25) is 0 Å². The monoisotopic (exact) mass is 361 g/mol. The molecular weight excluding hydrogens is 334 g/mol. The van der Waals surface area contributed by atoms with Crippen LogP contribution in [0, 0.1) is 12.8 Å². The molecule has 0 radical (unpaired) electrons. The molecular formula is C19H27N3O4. The Kier molecular flexibility index (Phi) is 6.11. The maximum absolute atomic E-state index is 12.5. The van der Waals surface area contributed by atoms with Gasteiger partial charge in [-0.05, 0) is 37.8 Å². The highest BCUT2D eigenvalue weighted by molar-refractivity contribution is 5.95. The summed E-state index contributed by atoms with van der Waals surface area (Å²) in [6, 6.07) is 3.71. The summed E-state index contributed by atoms with van der Waals surface area (Å²) in [7, 11) is 0. The Morgan fingerprint density at radius 1 is 1.42 bits per heavy atom. The van der Waals surface area contributed by atoms with E-state index in [1.807, 2.05) is 12.1 Å². The molecule has 0 bridgehead atoms. The van der Waals surface area contributed by atoms with Crippen molar-refractivity contribution in [3.8, 4) is 5.75 Å². The SMILES string of the molecule is Cc1nc2c(OCC3CCCCC3)cccn2c1C(=O)NC[C@@H](O)CO. The summed E-state index contributed by atoms with van der Waals surface area (Å²) in [6.07, 6.45) is 7.06. The summed E-state index contributed by atoms with van der Waals surface area (Å²) in [5.41, 5.74) is 1.62. The molecule has 1 aliphatic carbocycles. The van der Waals surface area contributed by atoms with Crippen molar-refractivity contribution in [2.45, 2.75) is 45.1 Å². The maximum atomic E-state index is 12.5. The first kappa shape index (κ1) is 18.7. The minimum atomic E-state index is -0.979. The number of pyridine rings is 1. The molecule has 3 rings (SSSR count). The summed E-state index contributed by atoms with van der Waals surface area (Å²) >= 11 is 0. The minimum Gasteiger partial charge on any atom is -0.489 e. The van der Waals surface area contributed by atoms with E-state index in [-0.39, 0.29) is 12.5 Å². The highest BCUT2D eigenvalue weighted by Crippen LogP contribution is 2.27. The van der Waals surface area contributed by atoms with Crippen LogP contribution >= 0.6 is 0 Å². The van der Waals surface area contributed by atoms with Gasteiger partial charge in [0.15, 0.2) is 11.4 Å². The third-order valence-electron chi connectivity index (χ3n) is 4.91. The molecule has 0 aromatic carbocycles. The Balaban J connectivity index is 1.76.